The molecule has 13 heavy (non-hydrogen) atoms. The fraction of sp³-hybridized carbons (Fsp3) is 0.143. The van der Waals surface area contributed by atoms with Crippen LogP contribution in [0.3, 0.4) is 0 Å². The number of aromatic nitrogens is 1. The van der Waals surface area contributed by atoms with Crippen LogP contribution in [0.25, 0.3) is 10.2 Å². The van der Waals surface area contributed by atoms with Crippen molar-refractivity contribution in [3.05, 3.63) is 9.21 Å². The minimum atomic E-state index is -0.0402. The average Bonchev–Trinajstić information content (AvgIpc) is 2.55. The number of hydrogen-bond donors (Lipinski definition) is 1. The van der Waals surface area contributed by atoms with Crippen molar-refractivity contribution in [3.63, 3.8) is 0 Å². The molecule has 0 bridgehead atoms. The Balaban J connectivity index is 2.82. The molecular weight excluding hydrogens is 228 g/mol. The Kier molecular flexibility index (Phi) is 2.02. The van der Waals surface area contributed by atoms with Crippen molar-refractivity contribution >= 4 is 56.2 Å². The van der Waals surface area contributed by atoms with Crippen LogP contribution in [0, 0.1) is 0 Å². The highest BCUT2D eigenvalue weighted by Crippen LogP contribution is 2.39. The van der Waals surface area contributed by atoms with Gasteiger partial charge in [0.15, 0.2) is 5.78 Å². The van der Waals surface area contributed by atoms with Gasteiger partial charge in [0, 0.05) is 6.92 Å². The largest absolute Gasteiger partial charge is 0.397 e. The number of nitrogen functional groups attached to an aromatic ring is 1. The molecule has 3 nitrogen and oxygen atoms in total. The van der Waals surface area contributed by atoms with Gasteiger partial charge in [-0.2, -0.15) is 4.37 Å². The summed E-state index contributed by atoms with van der Waals surface area (Å²) < 4.78 is 4.63. The van der Waals surface area contributed by atoms with E-state index in [0.717, 1.165) is 10.2 Å². The van der Waals surface area contributed by atoms with Gasteiger partial charge in [-0.25, -0.2) is 0 Å². The quantitative estimate of drug-likeness (QED) is 0.770. The number of carbonyl (C=O) groups excluding carboxylic acids is 1. The molecule has 2 rings (SSSR count). The van der Waals surface area contributed by atoms with E-state index in [9.17, 15) is 4.79 Å². The van der Waals surface area contributed by atoms with E-state index in [4.69, 9.17) is 17.3 Å². The number of halogens is 1. The molecule has 0 aliphatic heterocycles. The fourth-order valence-electron chi connectivity index (χ4n) is 1.07. The summed E-state index contributed by atoms with van der Waals surface area (Å²) >= 11 is 8.35. The zero-order valence-electron chi connectivity index (χ0n) is 6.63. The summed E-state index contributed by atoms with van der Waals surface area (Å²) in [5.41, 5.74) is 6.22. The van der Waals surface area contributed by atoms with E-state index in [1.54, 1.807) is 0 Å². The minimum Gasteiger partial charge on any atom is -0.397 e. The number of fused-ring (bicyclic) bond motifs is 1. The third kappa shape index (κ3) is 1.23. The molecule has 0 amide bonds. The van der Waals surface area contributed by atoms with Crippen LogP contribution < -0.4 is 5.73 Å². The SMILES string of the molecule is CC(=O)c1sc2nsc(Cl)c2c1N. The molecule has 0 radical (unpaired) electrons. The van der Waals surface area contributed by atoms with Crippen molar-refractivity contribution in [2.45, 2.75) is 6.92 Å². The van der Waals surface area contributed by atoms with Crippen LogP contribution in [0.1, 0.15) is 16.6 Å². The number of hydrogen-bond acceptors (Lipinski definition) is 5. The molecule has 2 N–H and O–H groups in total. The molecule has 0 aliphatic carbocycles. The average molecular weight is 233 g/mol. The first kappa shape index (κ1) is 8.93. The maximum Gasteiger partial charge on any atom is 0.171 e. The number of thiophene rings is 1. The van der Waals surface area contributed by atoms with Crippen molar-refractivity contribution in [2.24, 2.45) is 0 Å². The van der Waals surface area contributed by atoms with Crippen LogP contribution in [0.15, 0.2) is 0 Å². The third-order valence-electron chi connectivity index (χ3n) is 1.65. The van der Waals surface area contributed by atoms with Crippen molar-refractivity contribution in [3.8, 4) is 0 Å². The maximum absolute atomic E-state index is 11.1. The van der Waals surface area contributed by atoms with Gasteiger partial charge in [0.1, 0.15) is 9.17 Å². The molecule has 6 heteroatoms. The molecule has 0 fully saturated rings. The summed E-state index contributed by atoms with van der Waals surface area (Å²) in [6, 6.07) is 0. The number of Topliss-reactive ketones (excluding diaryl/α,β-unsaturated/α-hetero) is 1. The van der Waals surface area contributed by atoms with Gasteiger partial charge in [-0.3, -0.25) is 4.79 Å². The van der Waals surface area contributed by atoms with Crippen LogP contribution in [-0.2, 0) is 0 Å². The predicted octanol–water partition coefficient (Wildman–Crippen LogP) is 2.80. The highest BCUT2D eigenvalue weighted by atomic mass is 35.5. The summed E-state index contributed by atoms with van der Waals surface area (Å²) in [6.07, 6.45) is 0. The third-order valence-corrected chi connectivity index (χ3v) is 4.00. The van der Waals surface area contributed by atoms with Crippen LogP contribution in [0.5, 0.6) is 0 Å². The molecule has 2 aromatic rings. The lowest BCUT2D eigenvalue weighted by atomic mass is 10.3. The molecule has 2 heterocycles. The van der Waals surface area contributed by atoms with Gasteiger partial charge in [0.05, 0.1) is 16.0 Å². The Hall–Kier alpha value is -0.650. The van der Waals surface area contributed by atoms with Crippen molar-refractivity contribution < 1.29 is 4.79 Å². The first-order valence-corrected chi connectivity index (χ1v) is 5.42. The summed E-state index contributed by atoms with van der Waals surface area (Å²) in [5.74, 6) is -0.0402. The molecule has 0 aliphatic rings. The van der Waals surface area contributed by atoms with E-state index < -0.39 is 0 Å². The van der Waals surface area contributed by atoms with Gasteiger partial charge >= 0.3 is 0 Å². The van der Waals surface area contributed by atoms with Crippen LogP contribution in [0.4, 0.5) is 5.69 Å². The van der Waals surface area contributed by atoms with Gasteiger partial charge < -0.3 is 5.73 Å². The molecule has 0 unspecified atom stereocenters. The second-order valence-electron chi connectivity index (χ2n) is 2.54. The number of nitrogens with zero attached hydrogens (tertiary/aromatic N) is 1. The normalized spacial score (nSPS) is 10.9. The first-order chi connectivity index (χ1) is 6.11. The Morgan fingerprint density at radius 3 is 2.85 bits per heavy atom. The Labute approximate surface area is 87.3 Å². The van der Waals surface area contributed by atoms with Gasteiger partial charge in [0.2, 0.25) is 0 Å². The lowest BCUT2D eigenvalue weighted by molar-refractivity contribution is 0.102. The minimum absolute atomic E-state index is 0.0402. The van der Waals surface area contributed by atoms with E-state index in [2.05, 4.69) is 4.37 Å². The molecule has 0 aromatic carbocycles. The number of anilines is 1. The van der Waals surface area contributed by atoms with Gasteiger partial charge in [-0.05, 0) is 11.5 Å². The summed E-state index contributed by atoms with van der Waals surface area (Å²) in [4.78, 5) is 12.4. The molecule has 0 saturated carbocycles. The van der Waals surface area contributed by atoms with Crippen molar-refractivity contribution in [2.75, 3.05) is 5.73 Å². The summed E-state index contributed by atoms with van der Waals surface area (Å²) in [5, 5.41) is 0.724. The molecule has 68 valence electrons. The number of nitrogens with two attached hydrogens (primary N) is 1. The monoisotopic (exact) mass is 232 g/mol. The van der Waals surface area contributed by atoms with Gasteiger partial charge in [0.25, 0.3) is 0 Å². The zero-order valence-corrected chi connectivity index (χ0v) is 9.02. The van der Waals surface area contributed by atoms with Crippen LogP contribution in [0.2, 0.25) is 4.34 Å². The summed E-state index contributed by atoms with van der Waals surface area (Å²) in [7, 11) is 0. The molecule has 0 atom stereocenters. The maximum atomic E-state index is 11.1. The number of carbonyl (C=O) groups is 1. The highest BCUT2D eigenvalue weighted by Gasteiger charge is 2.17. The number of rotatable bonds is 1. The van der Waals surface area contributed by atoms with Gasteiger partial charge in [-0.1, -0.05) is 11.6 Å². The van der Waals surface area contributed by atoms with Gasteiger partial charge in [-0.15, -0.1) is 11.3 Å². The predicted molar refractivity (Wildman–Crippen MR) is 56.9 cm³/mol. The van der Waals surface area contributed by atoms with E-state index in [-0.39, 0.29) is 5.78 Å². The van der Waals surface area contributed by atoms with Crippen molar-refractivity contribution in [1.82, 2.24) is 4.37 Å². The zero-order chi connectivity index (χ0) is 9.59. The Morgan fingerprint density at radius 1 is 1.62 bits per heavy atom. The lowest BCUT2D eigenvalue weighted by Gasteiger charge is -1.90. The highest BCUT2D eigenvalue weighted by molar-refractivity contribution is 7.24. The topological polar surface area (TPSA) is 56.0 Å². The first-order valence-electron chi connectivity index (χ1n) is 3.45. The molecule has 0 saturated heterocycles. The molecule has 2 aromatic heterocycles. The van der Waals surface area contributed by atoms with E-state index in [0.29, 0.717) is 14.9 Å². The Bertz CT molecular complexity index is 488. The van der Waals surface area contributed by atoms with Crippen LogP contribution in [-0.4, -0.2) is 10.2 Å². The standard InChI is InChI=1S/C7H5ClN2OS2/c1-2(11)5-4(9)3-6(8)13-10-7(3)12-5/h9H2,1H3. The van der Waals surface area contributed by atoms with E-state index in [1.807, 2.05) is 0 Å². The smallest absolute Gasteiger partial charge is 0.171 e. The lowest BCUT2D eigenvalue weighted by Crippen LogP contribution is -1.93. The second-order valence-corrected chi connectivity index (χ2v) is 4.91. The van der Waals surface area contributed by atoms with E-state index in [1.165, 1.54) is 29.8 Å². The second kappa shape index (κ2) is 2.94. The molecule has 0 spiro atoms. The van der Waals surface area contributed by atoms with Crippen molar-refractivity contribution in [1.29, 1.82) is 0 Å². The molecular formula is C7H5ClN2OS2. The van der Waals surface area contributed by atoms with Crippen LogP contribution >= 0.6 is 34.5 Å². The van der Waals surface area contributed by atoms with E-state index >= 15 is 0 Å². The Morgan fingerprint density at radius 2 is 2.31 bits per heavy atom. The fourth-order valence-corrected chi connectivity index (χ4v) is 3.17. The summed E-state index contributed by atoms with van der Waals surface area (Å²) in [6.45, 7) is 1.48. The number of ketones is 1.